The maximum absolute atomic E-state index is 12.9. The molecule has 0 saturated carbocycles. The highest BCUT2D eigenvalue weighted by Gasteiger charge is 2.38. The normalized spacial score (nSPS) is 11.2. The Morgan fingerprint density at radius 2 is 1.67 bits per heavy atom. The third kappa shape index (κ3) is 4.12. The number of aromatic nitrogens is 2. The molecule has 0 aliphatic rings. The van der Waals surface area contributed by atoms with Gasteiger partial charge in [-0.1, -0.05) is 6.92 Å². The molecule has 128 valence electrons. The van der Waals surface area contributed by atoms with Crippen molar-refractivity contribution in [1.29, 1.82) is 0 Å². The summed E-state index contributed by atoms with van der Waals surface area (Å²) < 4.78 is 39.5. The Bertz CT molecular complexity index is 751. The highest BCUT2D eigenvalue weighted by Crippen LogP contribution is 2.31. The molecular weight excluding hydrogens is 325 g/mol. The minimum Gasteiger partial charge on any atom is -0.326 e. The Morgan fingerprint density at radius 3 is 2.17 bits per heavy atom. The molecule has 0 unspecified atom stereocenters. The van der Waals surface area contributed by atoms with Crippen LogP contribution in [0.15, 0.2) is 30.5 Å². The highest BCUT2D eigenvalue weighted by molar-refractivity contribution is 6.05. The molecule has 2 aromatic rings. The van der Waals surface area contributed by atoms with Crippen LogP contribution in [0.4, 0.5) is 24.5 Å². The van der Waals surface area contributed by atoms with Crippen molar-refractivity contribution >= 4 is 23.2 Å². The summed E-state index contributed by atoms with van der Waals surface area (Å²) in [6.07, 6.45) is -3.39. The fourth-order valence-electron chi connectivity index (χ4n) is 1.95. The molecule has 1 aromatic heterocycles. The van der Waals surface area contributed by atoms with Crippen LogP contribution in [0.3, 0.4) is 0 Å². The van der Waals surface area contributed by atoms with E-state index in [2.05, 4.69) is 15.7 Å². The van der Waals surface area contributed by atoms with Crippen molar-refractivity contribution in [2.24, 2.45) is 7.05 Å². The third-order valence-corrected chi connectivity index (χ3v) is 3.09. The van der Waals surface area contributed by atoms with E-state index in [0.717, 1.165) is 10.9 Å². The first kappa shape index (κ1) is 17.5. The van der Waals surface area contributed by atoms with Crippen molar-refractivity contribution < 1.29 is 22.8 Å². The number of carbonyl (C=O) groups excluding carboxylic acids is 2. The van der Waals surface area contributed by atoms with Gasteiger partial charge >= 0.3 is 6.18 Å². The molecule has 6 nitrogen and oxygen atoms in total. The number of rotatable bonds is 4. The zero-order valence-electron chi connectivity index (χ0n) is 12.9. The number of anilines is 2. The number of aryl methyl sites for hydroxylation is 1. The van der Waals surface area contributed by atoms with Crippen LogP contribution in [0.25, 0.3) is 0 Å². The van der Waals surface area contributed by atoms with Crippen LogP contribution in [-0.2, 0) is 18.0 Å². The number of hydrogen-bond donors (Lipinski definition) is 2. The fourth-order valence-corrected chi connectivity index (χ4v) is 1.95. The van der Waals surface area contributed by atoms with E-state index in [0.29, 0.717) is 17.8 Å². The van der Waals surface area contributed by atoms with Crippen LogP contribution in [0, 0.1) is 0 Å². The van der Waals surface area contributed by atoms with Crippen molar-refractivity contribution in [1.82, 2.24) is 9.78 Å². The molecular formula is C15H15F3N4O2. The molecule has 1 aromatic carbocycles. The van der Waals surface area contributed by atoms with Crippen LogP contribution < -0.4 is 10.6 Å². The van der Waals surface area contributed by atoms with Gasteiger partial charge in [0.1, 0.15) is 0 Å². The van der Waals surface area contributed by atoms with Crippen LogP contribution in [0.2, 0.25) is 0 Å². The zero-order valence-corrected chi connectivity index (χ0v) is 12.9. The summed E-state index contributed by atoms with van der Waals surface area (Å²) in [5.74, 6) is -1.09. The van der Waals surface area contributed by atoms with Gasteiger partial charge in [-0.25, -0.2) is 0 Å². The lowest BCUT2D eigenvalue weighted by molar-refractivity contribution is -0.141. The molecule has 2 rings (SSSR count). The second kappa shape index (κ2) is 6.73. The van der Waals surface area contributed by atoms with Gasteiger partial charge in [-0.05, 0) is 24.3 Å². The molecule has 0 aliphatic carbocycles. The Balaban J connectivity index is 2.14. The lowest BCUT2D eigenvalue weighted by Gasteiger charge is -2.08. The predicted molar refractivity (Wildman–Crippen MR) is 81.5 cm³/mol. The van der Waals surface area contributed by atoms with Crippen molar-refractivity contribution in [3.05, 3.63) is 41.7 Å². The smallest absolute Gasteiger partial charge is 0.326 e. The van der Waals surface area contributed by atoms with Gasteiger partial charge in [-0.15, -0.1) is 0 Å². The standard InChI is InChI=1S/C15H15F3N4O2/c1-3-12(23)19-9-4-6-10(7-5-9)20-14(24)11-8-22(2)21-13(11)15(16,17)18/h4-8H,3H2,1-2H3,(H,19,23)(H,20,24). The van der Waals surface area contributed by atoms with Crippen LogP contribution in [0.1, 0.15) is 29.4 Å². The van der Waals surface area contributed by atoms with Gasteiger partial charge in [0.2, 0.25) is 5.91 Å². The molecule has 0 aliphatic heterocycles. The number of halogens is 3. The van der Waals surface area contributed by atoms with Gasteiger partial charge in [0.15, 0.2) is 5.69 Å². The average Bonchev–Trinajstić information content (AvgIpc) is 2.91. The van der Waals surface area contributed by atoms with Crippen LogP contribution in [0.5, 0.6) is 0 Å². The molecule has 0 saturated heterocycles. The van der Waals surface area contributed by atoms with E-state index >= 15 is 0 Å². The Morgan fingerprint density at radius 1 is 1.12 bits per heavy atom. The Labute approximate surface area is 135 Å². The summed E-state index contributed by atoms with van der Waals surface area (Å²) >= 11 is 0. The molecule has 0 spiro atoms. The number of benzene rings is 1. The number of amides is 2. The molecule has 24 heavy (non-hydrogen) atoms. The van der Waals surface area contributed by atoms with Crippen molar-refractivity contribution in [3.63, 3.8) is 0 Å². The third-order valence-electron chi connectivity index (χ3n) is 3.09. The molecule has 2 amide bonds. The number of nitrogens with zero attached hydrogens (tertiary/aromatic N) is 2. The number of alkyl halides is 3. The minimum atomic E-state index is -4.72. The van der Waals surface area contributed by atoms with E-state index in [1.165, 1.54) is 31.3 Å². The SMILES string of the molecule is CCC(=O)Nc1ccc(NC(=O)c2cn(C)nc2C(F)(F)F)cc1. The van der Waals surface area contributed by atoms with Gasteiger partial charge in [-0.3, -0.25) is 14.3 Å². The maximum Gasteiger partial charge on any atom is 0.435 e. The van der Waals surface area contributed by atoms with Gasteiger partial charge in [0.25, 0.3) is 5.91 Å². The molecule has 0 fully saturated rings. The summed E-state index contributed by atoms with van der Waals surface area (Å²) in [5, 5.41) is 8.28. The molecule has 9 heteroatoms. The molecule has 2 N–H and O–H groups in total. The van der Waals surface area contributed by atoms with Crippen LogP contribution in [-0.4, -0.2) is 21.6 Å². The first-order valence-corrected chi connectivity index (χ1v) is 7.02. The van der Waals surface area contributed by atoms with E-state index in [4.69, 9.17) is 0 Å². The lowest BCUT2D eigenvalue weighted by atomic mass is 10.2. The summed E-state index contributed by atoms with van der Waals surface area (Å²) in [4.78, 5) is 23.3. The highest BCUT2D eigenvalue weighted by atomic mass is 19.4. The topological polar surface area (TPSA) is 76.0 Å². The molecule has 1 heterocycles. The van der Waals surface area contributed by atoms with Crippen LogP contribution >= 0.6 is 0 Å². The maximum atomic E-state index is 12.9. The Kier molecular flexibility index (Phi) is 4.91. The lowest BCUT2D eigenvalue weighted by Crippen LogP contribution is -2.17. The van der Waals surface area contributed by atoms with E-state index < -0.39 is 23.3 Å². The van der Waals surface area contributed by atoms with E-state index in [-0.39, 0.29) is 5.91 Å². The van der Waals surface area contributed by atoms with E-state index in [9.17, 15) is 22.8 Å². The first-order chi connectivity index (χ1) is 11.2. The number of nitrogens with one attached hydrogen (secondary N) is 2. The summed E-state index contributed by atoms with van der Waals surface area (Å²) in [5.41, 5.74) is -0.980. The summed E-state index contributed by atoms with van der Waals surface area (Å²) in [6.45, 7) is 1.70. The molecule has 0 bridgehead atoms. The predicted octanol–water partition coefficient (Wildman–Crippen LogP) is 3.04. The van der Waals surface area contributed by atoms with Crippen molar-refractivity contribution in [3.8, 4) is 0 Å². The fraction of sp³-hybridized carbons (Fsp3) is 0.267. The number of carbonyl (C=O) groups is 2. The largest absolute Gasteiger partial charge is 0.435 e. The van der Waals surface area contributed by atoms with Gasteiger partial charge in [0.05, 0.1) is 5.56 Å². The monoisotopic (exact) mass is 340 g/mol. The molecule has 0 atom stereocenters. The van der Waals surface area contributed by atoms with Crippen molar-refractivity contribution in [2.75, 3.05) is 10.6 Å². The average molecular weight is 340 g/mol. The summed E-state index contributed by atoms with van der Waals surface area (Å²) in [7, 11) is 1.30. The number of hydrogen-bond acceptors (Lipinski definition) is 3. The second-order valence-electron chi connectivity index (χ2n) is 5.00. The minimum absolute atomic E-state index is 0.169. The quantitative estimate of drug-likeness (QED) is 0.898. The Hall–Kier alpha value is -2.84. The first-order valence-electron chi connectivity index (χ1n) is 7.02. The van der Waals surface area contributed by atoms with E-state index in [1.54, 1.807) is 6.92 Å². The van der Waals surface area contributed by atoms with E-state index in [1.807, 2.05) is 0 Å². The van der Waals surface area contributed by atoms with Gasteiger partial charge in [-0.2, -0.15) is 18.3 Å². The molecule has 0 radical (unpaired) electrons. The zero-order chi connectivity index (χ0) is 17.9. The van der Waals surface area contributed by atoms with Gasteiger partial charge in [0, 0.05) is 31.0 Å². The van der Waals surface area contributed by atoms with Crippen molar-refractivity contribution in [2.45, 2.75) is 19.5 Å². The summed E-state index contributed by atoms with van der Waals surface area (Å²) in [6, 6.07) is 6.04. The second-order valence-corrected chi connectivity index (χ2v) is 5.00. The van der Waals surface area contributed by atoms with Gasteiger partial charge < -0.3 is 10.6 Å².